The molecule has 1 fully saturated rings. The average molecular weight is 429 g/mol. The predicted octanol–water partition coefficient (Wildman–Crippen LogP) is 4.60. The Balaban J connectivity index is 1.69. The summed E-state index contributed by atoms with van der Waals surface area (Å²) in [5.74, 6) is -0.0130. The van der Waals surface area contributed by atoms with Gasteiger partial charge in [0.2, 0.25) is 5.91 Å². The van der Waals surface area contributed by atoms with E-state index in [1.165, 1.54) is 6.07 Å². The first-order valence-electron chi connectivity index (χ1n) is 9.06. The minimum atomic E-state index is -4.50. The summed E-state index contributed by atoms with van der Waals surface area (Å²) in [6.45, 7) is 2.05. The number of morpholine rings is 1. The van der Waals surface area contributed by atoms with Crippen LogP contribution in [-0.2, 0) is 15.7 Å². The lowest BCUT2D eigenvalue weighted by Crippen LogP contribution is -2.37. The molecule has 1 N–H and O–H groups in total. The maximum absolute atomic E-state index is 13.1. The lowest BCUT2D eigenvalue weighted by molar-refractivity contribution is -0.137. The molecule has 5 nitrogen and oxygen atoms in total. The molecule has 1 heterocycles. The van der Waals surface area contributed by atoms with Crippen LogP contribution in [0.3, 0.4) is 0 Å². The van der Waals surface area contributed by atoms with Crippen molar-refractivity contribution in [2.24, 2.45) is 0 Å². The van der Waals surface area contributed by atoms with Crippen molar-refractivity contribution in [2.75, 3.05) is 43.1 Å². The van der Waals surface area contributed by atoms with Gasteiger partial charge in [0.25, 0.3) is 0 Å². The van der Waals surface area contributed by atoms with Crippen molar-refractivity contribution >= 4 is 28.9 Å². The molecule has 0 aromatic heterocycles. The Morgan fingerprint density at radius 2 is 1.90 bits per heavy atom. The maximum Gasteiger partial charge on any atom is 0.416 e. The second-order valence-corrected chi connectivity index (χ2v) is 6.81. The van der Waals surface area contributed by atoms with E-state index in [0.29, 0.717) is 42.8 Å². The number of hydrogen-bond donors (Lipinski definition) is 1. The van der Waals surface area contributed by atoms with Crippen LogP contribution in [0.5, 0.6) is 5.75 Å². The van der Waals surface area contributed by atoms with Gasteiger partial charge in [0, 0.05) is 13.1 Å². The van der Waals surface area contributed by atoms with Crippen LogP contribution >= 0.6 is 11.6 Å². The molecule has 0 aliphatic carbocycles. The Bertz CT molecular complexity index is 855. The van der Waals surface area contributed by atoms with Crippen molar-refractivity contribution in [2.45, 2.75) is 12.6 Å². The van der Waals surface area contributed by atoms with Crippen LogP contribution in [0.15, 0.2) is 42.5 Å². The number of anilines is 2. The quantitative estimate of drug-likeness (QED) is 0.730. The van der Waals surface area contributed by atoms with Crippen LogP contribution in [0.4, 0.5) is 24.5 Å². The number of hydrogen-bond acceptors (Lipinski definition) is 4. The van der Waals surface area contributed by atoms with E-state index in [1.54, 1.807) is 24.3 Å². The summed E-state index contributed by atoms with van der Waals surface area (Å²) in [6.07, 6.45) is -4.54. The largest absolute Gasteiger partial charge is 0.491 e. The van der Waals surface area contributed by atoms with Gasteiger partial charge in [-0.3, -0.25) is 4.79 Å². The summed E-state index contributed by atoms with van der Waals surface area (Å²) in [5.41, 5.74) is -0.178. The van der Waals surface area contributed by atoms with Crippen LogP contribution < -0.4 is 15.0 Å². The summed E-state index contributed by atoms with van der Waals surface area (Å²) >= 11 is 5.99. The maximum atomic E-state index is 13.1. The Morgan fingerprint density at radius 1 is 1.17 bits per heavy atom. The molecule has 3 rings (SSSR count). The molecule has 0 unspecified atom stereocenters. The minimum absolute atomic E-state index is 0.0377. The Hall–Kier alpha value is -2.45. The summed E-state index contributed by atoms with van der Waals surface area (Å²) in [6, 6.07) is 10.2. The molecule has 156 valence electrons. The SMILES string of the molecule is O=C(CCOc1ccccc1Cl)Nc1cc(C(F)(F)F)ccc1N1CCOCC1. The van der Waals surface area contributed by atoms with E-state index >= 15 is 0 Å². The highest BCUT2D eigenvalue weighted by Crippen LogP contribution is 2.36. The van der Waals surface area contributed by atoms with E-state index in [2.05, 4.69) is 5.32 Å². The third kappa shape index (κ3) is 5.77. The van der Waals surface area contributed by atoms with Gasteiger partial charge in [-0.15, -0.1) is 0 Å². The van der Waals surface area contributed by atoms with Gasteiger partial charge in [-0.05, 0) is 30.3 Å². The molecule has 29 heavy (non-hydrogen) atoms. The molecule has 0 spiro atoms. The lowest BCUT2D eigenvalue weighted by Gasteiger charge is -2.31. The fourth-order valence-corrected chi connectivity index (χ4v) is 3.11. The van der Waals surface area contributed by atoms with Gasteiger partial charge in [0.05, 0.1) is 48.2 Å². The number of nitrogens with one attached hydrogen (secondary N) is 1. The molecule has 0 bridgehead atoms. The van der Waals surface area contributed by atoms with Gasteiger partial charge in [-0.1, -0.05) is 23.7 Å². The summed E-state index contributed by atoms with van der Waals surface area (Å²) in [4.78, 5) is 14.2. The van der Waals surface area contributed by atoms with Crippen LogP contribution in [-0.4, -0.2) is 38.8 Å². The number of benzene rings is 2. The van der Waals surface area contributed by atoms with E-state index in [-0.39, 0.29) is 18.7 Å². The van der Waals surface area contributed by atoms with Gasteiger partial charge in [0.1, 0.15) is 5.75 Å². The highest BCUT2D eigenvalue weighted by atomic mass is 35.5. The highest BCUT2D eigenvalue weighted by Gasteiger charge is 2.31. The third-order valence-electron chi connectivity index (χ3n) is 4.37. The molecule has 0 saturated carbocycles. The molecule has 0 radical (unpaired) electrons. The molecule has 9 heteroatoms. The van der Waals surface area contributed by atoms with E-state index < -0.39 is 17.6 Å². The fraction of sp³-hybridized carbons (Fsp3) is 0.350. The number of carbonyl (C=O) groups excluding carboxylic acids is 1. The number of ether oxygens (including phenoxy) is 2. The van der Waals surface area contributed by atoms with E-state index in [0.717, 1.165) is 12.1 Å². The highest BCUT2D eigenvalue weighted by molar-refractivity contribution is 6.32. The third-order valence-corrected chi connectivity index (χ3v) is 4.69. The molecule has 0 atom stereocenters. The molecule has 1 aliphatic heterocycles. The first kappa shape index (κ1) is 21.3. The number of rotatable bonds is 6. The number of para-hydroxylation sites is 1. The lowest BCUT2D eigenvalue weighted by atomic mass is 10.1. The van der Waals surface area contributed by atoms with Gasteiger partial charge in [-0.25, -0.2) is 0 Å². The van der Waals surface area contributed by atoms with E-state index in [1.807, 2.05) is 4.90 Å². The predicted molar refractivity (Wildman–Crippen MR) is 105 cm³/mol. The molecule has 2 aromatic carbocycles. The van der Waals surface area contributed by atoms with Crippen molar-refractivity contribution in [1.82, 2.24) is 0 Å². The average Bonchev–Trinajstić information content (AvgIpc) is 2.69. The van der Waals surface area contributed by atoms with E-state index in [4.69, 9.17) is 21.1 Å². The molecular weight excluding hydrogens is 409 g/mol. The second-order valence-electron chi connectivity index (χ2n) is 6.41. The molecule has 1 amide bonds. The molecule has 2 aromatic rings. The Labute approximate surface area is 171 Å². The van der Waals surface area contributed by atoms with Crippen molar-refractivity contribution in [3.05, 3.63) is 53.1 Å². The Kier molecular flexibility index (Phi) is 6.87. The van der Waals surface area contributed by atoms with Crippen LogP contribution in [0.1, 0.15) is 12.0 Å². The standard InChI is InChI=1S/C20H20ClF3N2O3/c21-15-3-1-2-4-18(15)29-10-7-19(27)25-16-13-14(20(22,23)24)5-6-17(16)26-8-11-28-12-9-26/h1-6,13H,7-12H2,(H,25,27). The molecular formula is C20H20ClF3N2O3. The van der Waals surface area contributed by atoms with Crippen molar-refractivity contribution < 1.29 is 27.4 Å². The first-order chi connectivity index (χ1) is 13.8. The summed E-state index contributed by atoms with van der Waals surface area (Å²) < 4.78 is 50.1. The second kappa shape index (κ2) is 9.37. The molecule has 1 aliphatic rings. The summed E-state index contributed by atoms with van der Waals surface area (Å²) in [5, 5.41) is 3.00. The van der Waals surface area contributed by atoms with Gasteiger partial charge in [0.15, 0.2) is 0 Å². The summed E-state index contributed by atoms with van der Waals surface area (Å²) in [7, 11) is 0. The monoisotopic (exact) mass is 428 g/mol. The number of halogens is 4. The zero-order valence-electron chi connectivity index (χ0n) is 15.5. The molecule has 1 saturated heterocycles. The van der Waals surface area contributed by atoms with E-state index in [9.17, 15) is 18.0 Å². The van der Waals surface area contributed by atoms with Gasteiger partial charge < -0.3 is 19.7 Å². The number of amides is 1. The zero-order chi connectivity index (χ0) is 20.9. The van der Waals surface area contributed by atoms with Gasteiger partial charge in [-0.2, -0.15) is 13.2 Å². The van der Waals surface area contributed by atoms with Crippen molar-refractivity contribution in [3.8, 4) is 5.75 Å². The topological polar surface area (TPSA) is 50.8 Å². The number of carbonyl (C=O) groups is 1. The van der Waals surface area contributed by atoms with Crippen molar-refractivity contribution in [1.29, 1.82) is 0 Å². The number of alkyl halides is 3. The van der Waals surface area contributed by atoms with Crippen LogP contribution in [0.25, 0.3) is 0 Å². The number of nitrogens with zero attached hydrogens (tertiary/aromatic N) is 1. The smallest absolute Gasteiger partial charge is 0.416 e. The van der Waals surface area contributed by atoms with Crippen molar-refractivity contribution in [3.63, 3.8) is 0 Å². The Morgan fingerprint density at radius 3 is 2.59 bits per heavy atom. The zero-order valence-corrected chi connectivity index (χ0v) is 16.2. The minimum Gasteiger partial charge on any atom is -0.491 e. The van der Waals surface area contributed by atoms with Gasteiger partial charge >= 0.3 is 6.18 Å². The van der Waals surface area contributed by atoms with Crippen LogP contribution in [0.2, 0.25) is 5.02 Å². The normalized spacial score (nSPS) is 14.6. The fourth-order valence-electron chi connectivity index (χ4n) is 2.92. The first-order valence-corrected chi connectivity index (χ1v) is 9.43. The van der Waals surface area contributed by atoms with Crippen LogP contribution in [0, 0.1) is 0 Å².